The molecule has 1 atom stereocenters. The van der Waals surface area contributed by atoms with Gasteiger partial charge in [0.05, 0.1) is 6.04 Å². The maximum absolute atomic E-state index is 13.8. The fraction of sp³-hybridized carbons (Fsp3) is 0.333. The summed E-state index contributed by atoms with van der Waals surface area (Å²) in [5.41, 5.74) is 0.266. The van der Waals surface area contributed by atoms with Crippen molar-refractivity contribution in [2.24, 2.45) is 0 Å². The summed E-state index contributed by atoms with van der Waals surface area (Å²) in [6.45, 7) is 4.16. The number of aromatic nitrogens is 1. The van der Waals surface area contributed by atoms with E-state index in [2.05, 4.69) is 15.2 Å². The van der Waals surface area contributed by atoms with Gasteiger partial charge in [0.15, 0.2) is 0 Å². The highest BCUT2D eigenvalue weighted by molar-refractivity contribution is 5.75. The van der Waals surface area contributed by atoms with E-state index in [-0.39, 0.29) is 11.6 Å². The molecule has 1 aromatic heterocycles. The monoisotopic (exact) mass is 346 g/mol. The molecule has 2 aromatic rings. The molecule has 1 aliphatic rings. The molecular formula is C18H20F2N4O. The van der Waals surface area contributed by atoms with E-state index >= 15 is 0 Å². The second kappa shape index (κ2) is 7.46. The normalized spacial score (nSPS) is 15.8. The SMILES string of the molecule is C[C@H](NC(=O)N1CCN(c2ccccn2)CC1)c1ccc(F)cc1F. The van der Waals surface area contributed by atoms with Gasteiger partial charge in [-0.25, -0.2) is 18.6 Å². The topological polar surface area (TPSA) is 48.5 Å². The smallest absolute Gasteiger partial charge is 0.317 e. The van der Waals surface area contributed by atoms with E-state index in [1.54, 1.807) is 18.0 Å². The standard InChI is InChI=1S/C18H20F2N4O/c1-13(15-6-5-14(19)12-16(15)20)22-18(25)24-10-8-23(9-11-24)17-4-2-3-7-21-17/h2-7,12-13H,8-11H2,1H3,(H,22,25)/t13-/m0/s1. The van der Waals surface area contributed by atoms with Gasteiger partial charge in [-0.2, -0.15) is 0 Å². The third-order valence-corrected chi connectivity index (χ3v) is 4.31. The minimum Gasteiger partial charge on any atom is -0.353 e. The highest BCUT2D eigenvalue weighted by atomic mass is 19.1. The molecule has 0 radical (unpaired) electrons. The Bertz CT molecular complexity index is 733. The van der Waals surface area contributed by atoms with Gasteiger partial charge in [0, 0.05) is 44.0 Å². The van der Waals surface area contributed by atoms with Crippen LogP contribution in [0.5, 0.6) is 0 Å². The zero-order valence-corrected chi connectivity index (χ0v) is 14.0. The van der Waals surface area contributed by atoms with E-state index in [0.29, 0.717) is 26.2 Å². The first kappa shape index (κ1) is 17.1. The number of halogens is 2. The number of carbonyl (C=O) groups is 1. The lowest BCUT2D eigenvalue weighted by Crippen LogP contribution is -2.52. The molecule has 1 N–H and O–H groups in total. The Morgan fingerprint density at radius 3 is 2.56 bits per heavy atom. The predicted molar refractivity (Wildman–Crippen MR) is 91.3 cm³/mol. The largest absolute Gasteiger partial charge is 0.353 e. The second-order valence-electron chi connectivity index (χ2n) is 6.00. The first-order chi connectivity index (χ1) is 12.0. The average molecular weight is 346 g/mol. The molecule has 2 heterocycles. The zero-order chi connectivity index (χ0) is 17.8. The fourth-order valence-corrected chi connectivity index (χ4v) is 2.89. The summed E-state index contributed by atoms with van der Waals surface area (Å²) in [5.74, 6) is -0.400. The zero-order valence-electron chi connectivity index (χ0n) is 14.0. The molecule has 25 heavy (non-hydrogen) atoms. The van der Waals surface area contributed by atoms with Crippen LogP contribution in [0.15, 0.2) is 42.6 Å². The number of anilines is 1. The minimum absolute atomic E-state index is 0.253. The molecular weight excluding hydrogens is 326 g/mol. The molecule has 132 valence electrons. The molecule has 1 fully saturated rings. The molecule has 1 aliphatic heterocycles. The Morgan fingerprint density at radius 2 is 1.92 bits per heavy atom. The van der Waals surface area contributed by atoms with Gasteiger partial charge in [0.25, 0.3) is 0 Å². The Kier molecular flexibility index (Phi) is 5.11. The van der Waals surface area contributed by atoms with E-state index in [9.17, 15) is 13.6 Å². The number of nitrogens with zero attached hydrogens (tertiary/aromatic N) is 3. The van der Waals surface area contributed by atoms with Crippen LogP contribution in [0.2, 0.25) is 0 Å². The van der Waals surface area contributed by atoms with Crippen molar-refractivity contribution < 1.29 is 13.6 Å². The van der Waals surface area contributed by atoms with Crippen molar-refractivity contribution >= 4 is 11.8 Å². The minimum atomic E-state index is -0.659. The lowest BCUT2D eigenvalue weighted by Gasteiger charge is -2.35. The number of pyridine rings is 1. The molecule has 0 aliphatic carbocycles. The molecule has 1 saturated heterocycles. The van der Waals surface area contributed by atoms with Crippen LogP contribution < -0.4 is 10.2 Å². The molecule has 7 heteroatoms. The summed E-state index contributed by atoms with van der Waals surface area (Å²) in [6, 6.07) is 8.31. The summed E-state index contributed by atoms with van der Waals surface area (Å²) in [7, 11) is 0. The fourth-order valence-electron chi connectivity index (χ4n) is 2.89. The van der Waals surface area contributed by atoms with E-state index in [1.807, 2.05) is 18.2 Å². The highest BCUT2D eigenvalue weighted by Gasteiger charge is 2.23. The lowest BCUT2D eigenvalue weighted by molar-refractivity contribution is 0.191. The Morgan fingerprint density at radius 1 is 1.16 bits per heavy atom. The van der Waals surface area contributed by atoms with Crippen LogP contribution in [0.25, 0.3) is 0 Å². The van der Waals surface area contributed by atoms with Gasteiger partial charge in [-0.15, -0.1) is 0 Å². The number of amides is 2. The third-order valence-electron chi connectivity index (χ3n) is 4.31. The summed E-state index contributed by atoms with van der Waals surface area (Å²) in [6.07, 6.45) is 1.74. The molecule has 0 bridgehead atoms. The lowest BCUT2D eigenvalue weighted by atomic mass is 10.1. The maximum atomic E-state index is 13.8. The van der Waals surface area contributed by atoms with Crippen molar-refractivity contribution in [3.63, 3.8) is 0 Å². The quantitative estimate of drug-likeness (QED) is 0.930. The Balaban J connectivity index is 1.56. The maximum Gasteiger partial charge on any atom is 0.317 e. The van der Waals surface area contributed by atoms with Gasteiger partial charge in [-0.05, 0) is 25.1 Å². The summed E-state index contributed by atoms with van der Waals surface area (Å²) < 4.78 is 26.8. The van der Waals surface area contributed by atoms with Crippen molar-refractivity contribution in [2.45, 2.75) is 13.0 Å². The first-order valence-electron chi connectivity index (χ1n) is 8.21. The van der Waals surface area contributed by atoms with Gasteiger partial charge in [0.1, 0.15) is 17.5 Å². The summed E-state index contributed by atoms with van der Waals surface area (Å²) in [4.78, 5) is 20.5. The van der Waals surface area contributed by atoms with Crippen LogP contribution >= 0.6 is 0 Å². The molecule has 0 spiro atoms. The summed E-state index contributed by atoms with van der Waals surface area (Å²) in [5, 5.41) is 2.77. The van der Waals surface area contributed by atoms with Crippen molar-refractivity contribution in [2.75, 3.05) is 31.1 Å². The predicted octanol–water partition coefficient (Wildman–Crippen LogP) is 2.95. The number of hydrogen-bond donors (Lipinski definition) is 1. The number of benzene rings is 1. The van der Waals surface area contributed by atoms with Gasteiger partial charge in [0.2, 0.25) is 0 Å². The molecule has 2 amide bonds. The van der Waals surface area contributed by atoms with Crippen LogP contribution in [0.3, 0.4) is 0 Å². The molecule has 5 nitrogen and oxygen atoms in total. The number of carbonyl (C=O) groups excluding carboxylic acids is 1. The molecule has 0 saturated carbocycles. The van der Waals surface area contributed by atoms with Crippen molar-refractivity contribution in [3.8, 4) is 0 Å². The third kappa shape index (κ3) is 4.04. The number of rotatable bonds is 3. The van der Waals surface area contributed by atoms with Crippen molar-refractivity contribution in [1.29, 1.82) is 0 Å². The van der Waals surface area contributed by atoms with Crippen molar-refractivity contribution in [3.05, 3.63) is 59.8 Å². The summed E-state index contributed by atoms with van der Waals surface area (Å²) >= 11 is 0. The van der Waals surface area contributed by atoms with Crippen LogP contribution in [-0.2, 0) is 0 Å². The van der Waals surface area contributed by atoms with E-state index in [0.717, 1.165) is 11.9 Å². The van der Waals surface area contributed by atoms with E-state index in [1.165, 1.54) is 12.1 Å². The number of nitrogens with one attached hydrogen (secondary N) is 1. The molecule has 0 unspecified atom stereocenters. The van der Waals surface area contributed by atoms with Crippen LogP contribution in [-0.4, -0.2) is 42.1 Å². The van der Waals surface area contributed by atoms with E-state index in [4.69, 9.17) is 0 Å². The van der Waals surface area contributed by atoms with Crippen LogP contribution in [0.4, 0.5) is 19.4 Å². The Hall–Kier alpha value is -2.70. The average Bonchev–Trinajstić information content (AvgIpc) is 2.62. The number of hydrogen-bond acceptors (Lipinski definition) is 3. The van der Waals surface area contributed by atoms with Crippen LogP contribution in [0, 0.1) is 11.6 Å². The molecule has 3 rings (SSSR count). The number of piperazine rings is 1. The van der Waals surface area contributed by atoms with Crippen molar-refractivity contribution in [1.82, 2.24) is 15.2 Å². The van der Waals surface area contributed by atoms with Gasteiger partial charge in [-0.1, -0.05) is 12.1 Å². The second-order valence-corrected chi connectivity index (χ2v) is 6.00. The highest BCUT2D eigenvalue weighted by Crippen LogP contribution is 2.18. The van der Waals surface area contributed by atoms with Gasteiger partial charge in [-0.3, -0.25) is 0 Å². The van der Waals surface area contributed by atoms with Gasteiger partial charge < -0.3 is 15.1 Å². The molecule has 1 aromatic carbocycles. The van der Waals surface area contributed by atoms with Gasteiger partial charge >= 0.3 is 6.03 Å². The van der Waals surface area contributed by atoms with E-state index < -0.39 is 17.7 Å². The first-order valence-corrected chi connectivity index (χ1v) is 8.21. The van der Waals surface area contributed by atoms with Crippen LogP contribution in [0.1, 0.15) is 18.5 Å². The Labute approximate surface area is 145 Å². The number of urea groups is 1.